The molecule has 0 radical (unpaired) electrons. The molecule has 1 aliphatic rings. The highest BCUT2D eigenvalue weighted by molar-refractivity contribution is 7.44. The minimum Gasteiger partial charge on any atom is -0.756 e. The van der Waals surface area contributed by atoms with Gasteiger partial charge < -0.3 is 24.6 Å². The van der Waals surface area contributed by atoms with Crippen molar-refractivity contribution in [3.8, 4) is 5.75 Å². The zero-order valence-corrected chi connectivity index (χ0v) is 18.1. The van der Waals surface area contributed by atoms with Gasteiger partial charge in [0.25, 0.3) is 13.7 Å². The third-order valence-electron chi connectivity index (χ3n) is 4.90. The molecule has 0 aliphatic carbocycles. The van der Waals surface area contributed by atoms with E-state index >= 15 is 0 Å². The first-order valence-electron chi connectivity index (χ1n) is 9.48. The van der Waals surface area contributed by atoms with Gasteiger partial charge in [0.1, 0.15) is 17.5 Å². The summed E-state index contributed by atoms with van der Waals surface area (Å²) >= 11 is 0. The fraction of sp³-hybridized carbons (Fsp3) is 0.333. The van der Waals surface area contributed by atoms with Crippen LogP contribution < -0.4 is 14.9 Å². The number of nitrogens with one attached hydrogen (secondary N) is 1. The summed E-state index contributed by atoms with van der Waals surface area (Å²) in [5, 5.41) is 2.89. The Kier molecular flexibility index (Phi) is 6.64. The summed E-state index contributed by atoms with van der Waals surface area (Å²) < 4.78 is 26.9. The van der Waals surface area contributed by atoms with Crippen molar-refractivity contribution in [1.82, 2.24) is 5.32 Å². The third-order valence-corrected chi connectivity index (χ3v) is 5.33. The van der Waals surface area contributed by atoms with E-state index < -0.39 is 38.3 Å². The molecule has 166 valence electrons. The van der Waals surface area contributed by atoms with Gasteiger partial charge in [0.15, 0.2) is 12.6 Å². The van der Waals surface area contributed by atoms with Crippen molar-refractivity contribution in [3.63, 3.8) is 0 Å². The van der Waals surface area contributed by atoms with Gasteiger partial charge in [-0.15, -0.1) is 0 Å². The molecule has 31 heavy (non-hydrogen) atoms. The quantitative estimate of drug-likeness (QED) is 0.375. The number of benzene rings is 2. The number of carbonyl (C=O) groups excluding carboxylic acids is 2. The van der Waals surface area contributed by atoms with Crippen LogP contribution in [0.25, 0.3) is 0 Å². The summed E-state index contributed by atoms with van der Waals surface area (Å²) in [5.74, 6) is -0.117. The van der Waals surface area contributed by atoms with E-state index in [0.29, 0.717) is 22.4 Å². The number of fused-ring (bicyclic) bond motifs is 1. The van der Waals surface area contributed by atoms with Crippen LogP contribution in [-0.4, -0.2) is 35.1 Å². The lowest BCUT2D eigenvalue weighted by atomic mass is 9.85. The minimum absolute atomic E-state index is 0.172. The Hall–Kier alpha value is -2.55. The maximum absolute atomic E-state index is 12.9. The average Bonchev–Trinajstić information content (AvgIpc) is 2.69. The molecule has 1 amide bonds. The molecule has 10 heteroatoms. The van der Waals surface area contributed by atoms with Crippen LogP contribution in [0.15, 0.2) is 48.5 Å². The largest absolute Gasteiger partial charge is 0.756 e. The highest BCUT2D eigenvalue weighted by Gasteiger charge is 2.46. The number of carbonyl (C=O) groups is 2. The normalized spacial score (nSPS) is 21.3. The predicted molar refractivity (Wildman–Crippen MR) is 108 cm³/mol. The molecule has 1 heterocycles. The zero-order chi connectivity index (χ0) is 22.8. The Morgan fingerprint density at radius 2 is 1.87 bits per heavy atom. The van der Waals surface area contributed by atoms with E-state index in [1.165, 1.54) is 6.92 Å². The number of ketones is 1. The van der Waals surface area contributed by atoms with Gasteiger partial charge in [0.2, 0.25) is 0 Å². The molecule has 2 aromatic rings. The number of phosphoric ester groups is 1. The van der Waals surface area contributed by atoms with Crippen molar-refractivity contribution >= 4 is 19.5 Å². The maximum atomic E-state index is 12.9. The van der Waals surface area contributed by atoms with Crippen LogP contribution in [-0.2, 0) is 13.8 Å². The van der Waals surface area contributed by atoms with Gasteiger partial charge in [-0.1, -0.05) is 18.2 Å². The molecule has 0 spiro atoms. The average molecular weight is 448 g/mol. The molecule has 0 aromatic heterocycles. The molecule has 1 aliphatic heterocycles. The minimum atomic E-state index is -5.01. The van der Waals surface area contributed by atoms with Crippen molar-refractivity contribution in [1.29, 1.82) is 0 Å². The van der Waals surface area contributed by atoms with Gasteiger partial charge in [0.05, 0.1) is 6.04 Å². The van der Waals surface area contributed by atoms with Crippen LogP contribution >= 0.6 is 7.82 Å². The fourth-order valence-corrected chi connectivity index (χ4v) is 3.64. The number of Topliss-reactive ketones (excluding diaryl/α,β-unsaturated/α-hetero) is 1. The van der Waals surface area contributed by atoms with Gasteiger partial charge in [-0.2, -0.15) is 0 Å². The summed E-state index contributed by atoms with van der Waals surface area (Å²) in [6.45, 7) is 4.05. The van der Waals surface area contributed by atoms with Gasteiger partial charge in [-0.25, -0.2) is 0 Å². The molecule has 0 saturated heterocycles. The summed E-state index contributed by atoms with van der Waals surface area (Å²) in [6.07, 6.45) is -0.915. The van der Waals surface area contributed by atoms with E-state index in [4.69, 9.17) is 14.4 Å². The van der Waals surface area contributed by atoms with Crippen LogP contribution in [0.2, 0.25) is 0 Å². The number of hydrogen-bond donors (Lipinski definition) is 2. The Morgan fingerprint density at radius 1 is 1.19 bits per heavy atom. The zero-order valence-electron chi connectivity index (χ0n) is 17.2. The summed E-state index contributed by atoms with van der Waals surface area (Å²) in [4.78, 5) is 44.6. The van der Waals surface area contributed by atoms with Crippen LogP contribution in [0.4, 0.5) is 0 Å². The lowest BCUT2D eigenvalue weighted by Crippen LogP contribution is -2.55. The summed E-state index contributed by atoms with van der Waals surface area (Å²) in [6, 6.07) is 12.6. The standard InChI is InChI=1S/C21H24NO8P/c1-13(23)15-9-10-17-16(11-15)18(22-20(24)14-7-5-4-6-8-14)19(21(2,3)30-17)28-12-29-31(25,26)27/h4-11,18-19H,12H2,1-3H3,(H,22,24)(H2,25,26,27)/p-1/t18-,19+/m0/s1. The van der Waals surface area contributed by atoms with Crippen molar-refractivity contribution in [2.75, 3.05) is 6.79 Å². The second-order valence-corrected chi connectivity index (χ2v) is 8.83. The first kappa shape index (κ1) is 23.1. The molecule has 3 rings (SSSR count). The molecule has 0 fully saturated rings. The monoisotopic (exact) mass is 448 g/mol. The maximum Gasteiger partial charge on any atom is 0.267 e. The lowest BCUT2D eigenvalue weighted by molar-refractivity contribution is -0.234. The first-order chi connectivity index (χ1) is 14.5. The second-order valence-electron chi connectivity index (χ2n) is 7.63. The second kappa shape index (κ2) is 8.90. The van der Waals surface area contributed by atoms with E-state index in [9.17, 15) is 19.0 Å². The van der Waals surface area contributed by atoms with Crippen molar-refractivity contribution in [2.24, 2.45) is 0 Å². The molecule has 1 unspecified atom stereocenters. The van der Waals surface area contributed by atoms with Gasteiger partial charge in [-0.3, -0.25) is 18.7 Å². The van der Waals surface area contributed by atoms with Crippen molar-refractivity contribution < 1.29 is 37.9 Å². The Labute approximate surface area is 179 Å². The molecular formula is C21H23NO8P-. The molecular weight excluding hydrogens is 425 g/mol. The highest BCUT2D eigenvalue weighted by atomic mass is 31.2. The Morgan fingerprint density at radius 3 is 2.48 bits per heavy atom. The fourth-order valence-electron chi connectivity index (χ4n) is 3.44. The Bertz CT molecular complexity index is 1020. The van der Waals surface area contributed by atoms with E-state index in [-0.39, 0.29) is 5.78 Å². The summed E-state index contributed by atoms with van der Waals surface area (Å²) in [5.41, 5.74) is 0.293. The number of rotatable bonds is 7. The first-order valence-corrected chi connectivity index (χ1v) is 11.0. The SMILES string of the molecule is CC(=O)c1ccc2c(c1)[C@H](NC(=O)c1ccccc1)[C@@H](OCOP(=O)([O-])O)C(C)(C)O2. The van der Waals surface area contributed by atoms with Crippen LogP contribution in [0.5, 0.6) is 5.75 Å². The van der Waals surface area contributed by atoms with E-state index in [2.05, 4.69) is 9.84 Å². The number of amides is 1. The smallest absolute Gasteiger partial charge is 0.267 e. The van der Waals surface area contributed by atoms with Crippen molar-refractivity contribution in [3.05, 3.63) is 65.2 Å². The molecule has 9 nitrogen and oxygen atoms in total. The van der Waals surface area contributed by atoms with E-state index in [1.54, 1.807) is 62.4 Å². The van der Waals surface area contributed by atoms with Crippen molar-refractivity contribution in [2.45, 2.75) is 38.5 Å². The van der Waals surface area contributed by atoms with Crippen LogP contribution in [0.1, 0.15) is 53.1 Å². The lowest BCUT2D eigenvalue weighted by Gasteiger charge is -2.44. The molecule has 2 N–H and O–H groups in total. The van der Waals surface area contributed by atoms with Gasteiger partial charge in [-0.05, 0) is 51.1 Å². The molecule has 0 bridgehead atoms. The number of hydrogen-bond acceptors (Lipinski definition) is 7. The van der Waals surface area contributed by atoms with Crippen LogP contribution in [0, 0.1) is 0 Å². The number of phosphoric acid groups is 1. The van der Waals surface area contributed by atoms with Crippen LogP contribution in [0.3, 0.4) is 0 Å². The molecule has 0 saturated carbocycles. The predicted octanol–water partition coefficient (Wildman–Crippen LogP) is 2.35. The summed E-state index contributed by atoms with van der Waals surface area (Å²) in [7, 11) is -5.01. The topological polar surface area (TPSA) is 134 Å². The number of ether oxygens (including phenoxy) is 2. The van der Waals surface area contributed by atoms with Gasteiger partial charge >= 0.3 is 0 Å². The van der Waals surface area contributed by atoms with E-state index in [1.807, 2.05) is 0 Å². The molecule has 3 atom stereocenters. The highest BCUT2D eigenvalue weighted by Crippen LogP contribution is 2.42. The van der Waals surface area contributed by atoms with Gasteiger partial charge in [0, 0.05) is 16.7 Å². The third kappa shape index (κ3) is 5.58. The molecule has 2 aromatic carbocycles. The van der Waals surface area contributed by atoms with E-state index in [0.717, 1.165) is 0 Å². The Balaban J connectivity index is 1.99.